The van der Waals surface area contributed by atoms with Crippen molar-refractivity contribution in [3.63, 3.8) is 0 Å². The van der Waals surface area contributed by atoms with Gasteiger partial charge in [-0.05, 0) is 45.0 Å². The number of aromatic nitrogens is 1. The number of rotatable bonds is 9. The van der Waals surface area contributed by atoms with Crippen molar-refractivity contribution in [2.75, 3.05) is 31.6 Å². The summed E-state index contributed by atoms with van der Waals surface area (Å²) >= 11 is 24.4. The van der Waals surface area contributed by atoms with Crippen LogP contribution in [0.4, 0.5) is 10.5 Å². The molecule has 0 saturated heterocycles. The molecule has 0 aliphatic heterocycles. The van der Waals surface area contributed by atoms with E-state index in [1.165, 1.54) is 11.9 Å². The molecule has 0 unspecified atom stereocenters. The number of nitrogens with one attached hydrogen (secondary N) is 1. The number of carbonyl (C=O) groups excluding carboxylic acids is 3. The minimum atomic E-state index is -1.34. The molecule has 3 rings (SSSR count). The van der Waals surface area contributed by atoms with E-state index in [0.29, 0.717) is 38.3 Å². The zero-order valence-electron chi connectivity index (χ0n) is 22.2. The number of amides is 3. The first-order valence-electron chi connectivity index (χ1n) is 12.1. The summed E-state index contributed by atoms with van der Waals surface area (Å²) in [7, 11) is 1.45. The Labute approximate surface area is 252 Å². The van der Waals surface area contributed by atoms with E-state index in [0.717, 1.165) is 4.90 Å². The molecule has 3 amide bonds. The topological polar surface area (TPSA) is 105 Å². The van der Waals surface area contributed by atoms with Crippen LogP contribution in [-0.2, 0) is 14.3 Å². The van der Waals surface area contributed by atoms with Crippen molar-refractivity contribution in [2.24, 2.45) is 0 Å². The second kappa shape index (κ2) is 13.6. The smallest absolute Gasteiger partial charge is 0.410 e. The van der Waals surface area contributed by atoms with Crippen molar-refractivity contribution >= 4 is 70.0 Å². The van der Waals surface area contributed by atoms with E-state index < -0.39 is 28.3 Å². The zero-order valence-corrected chi connectivity index (χ0v) is 25.2. The van der Waals surface area contributed by atoms with Crippen LogP contribution in [0.1, 0.15) is 20.8 Å². The Morgan fingerprint density at radius 1 is 1.05 bits per heavy atom. The van der Waals surface area contributed by atoms with Gasteiger partial charge in [-0.2, -0.15) is 0 Å². The fourth-order valence-corrected chi connectivity index (χ4v) is 4.39. The Kier molecular flexibility index (Phi) is 10.7. The predicted molar refractivity (Wildman–Crippen MR) is 157 cm³/mol. The molecule has 3 aromatic rings. The summed E-state index contributed by atoms with van der Waals surface area (Å²) in [5.41, 5.74) is 1.37. The monoisotopic (exact) mass is 628 g/mol. The van der Waals surface area contributed by atoms with Gasteiger partial charge in [0.1, 0.15) is 17.8 Å². The third-order valence-corrected chi connectivity index (χ3v) is 6.37. The highest BCUT2D eigenvalue weighted by Crippen LogP contribution is 2.36. The molecule has 0 aliphatic rings. The SMILES string of the molecule is CN(CC(=O)NCCN(C(=O)C(Cl)Cl)c1cccc(-c2cc(-c3c(Cl)cccc3Cl)no2)c1)C(=O)OC(C)(C)C. The normalized spacial score (nSPS) is 11.3. The predicted octanol–water partition coefficient (Wildman–Crippen LogP) is 6.44. The summed E-state index contributed by atoms with van der Waals surface area (Å²) in [6.07, 6.45) is -0.629. The van der Waals surface area contributed by atoms with Gasteiger partial charge in [0, 0.05) is 43.0 Å². The Hall–Kier alpha value is -2.98. The van der Waals surface area contributed by atoms with Gasteiger partial charge in [0.2, 0.25) is 5.91 Å². The van der Waals surface area contributed by atoms with Crippen LogP contribution in [0.5, 0.6) is 0 Å². The Morgan fingerprint density at radius 3 is 2.33 bits per heavy atom. The molecule has 0 bridgehead atoms. The molecule has 9 nitrogen and oxygen atoms in total. The highest BCUT2D eigenvalue weighted by Gasteiger charge is 2.24. The molecule has 1 aromatic heterocycles. The maximum Gasteiger partial charge on any atom is 0.410 e. The molecular formula is C27H28Cl4N4O5. The molecule has 0 atom stereocenters. The number of benzene rings is 2. The first kappa shape index (κ1) is 31.5. The molecule has 2 aromatic carbocycles. The molecule has 1 heterocycles. The summed E-state index contributed by atoms with van der Waals surface area (Å²) in [5.74, 6) is -0.607. The Bertz CT molecular complexity index is 1350. The van der Waals surface area contributed by atoms with Gasteiger partial charge in [-0.3, -0.25) is 9.59 Å². The van der Waals surface area contributed by atoms with Crippen LogP contribution >= 0.6 is 46.4 Å². The summed E-state index contributed by atoms with van der Waals surface area (Å²) in [4.78, 5) is 38.5. The van der Waals surface area contributed by atoms with Crippen molar-refractivity contribution < 1.29 is 23.6 Å². The Balaban J connectivity index is 1.73. The fraction of sp³-hybridized carbons (Fsp3) is 0.333. The summed E-state index contributed by atoms with van der Waals surface area (Å²) in [6.45, 7) is 5.09. The van der Waals surface area contributed by atoms with E-state index >= 15 is 0 Å². The van der Waals surface area contributed by atoms with E-state index in [4.69, 9.17) is 55.7 Å². The van der Waals surface area contributed by atoms with Crippen LogP contribution in [0.3, 0.4) is 0 Å². The minimum Gasteiger partial charge on any atom is -0.444 e. The van der Waals surface area contributed by atoms with E-state index in [1.807, 2.05) is 0 Å². The highest BCUT2D eigenvalue weighted by atomic mass is 35.5. The Morgan fingerprint density at radius 2 is 1.70 bits per heavy atom. The number of alkyl halides is 2. The van der Waals surface area contributed by atoms with Crippen molar-refractivity contribution in [1.82, 2.24) is 15.4 Å². The number of anilines is 1. The first-order valence-corrected chi connectivity index (χ1v) is 13.7. The number of hydrogen-bond acceptors (Lipinski definition) is 6. The number of likely N-dealkylation sites (N-methyl/N-ethyl adjacent to an activating group) is 1. The third kappa shape index (κ3) is 8.51. The van der Waals surface area contributed by atoms with Crippen molar-refractivity contribution in [1.29, 1.82) is 0 Å². The zero-order chi connectivity index (χ0) is 29.6. The average molecular weight is 630 g/mol. The van der Waals surface area contributed by atoms with Crippen molar-refractivity contribution in [3.8, 4) is 22.6 Å². The van der Waals surface area contributed by atoms with Gasteiger partial charge in [0.25, 0.3) is 5.91 Å². The molecule has 0 fully saturated rings. The van der Waals surface area contributed by atoms with Gasteiger partial charge < -0.3 is 24.4 Å². The summed E-state index contributed by atoms with van der Waals surface area (Å²) < 4.78 is 10.8. The third-order valence-electron chi connectivity index (χ3n) is 5.37. The van der Waals surface area contributed by atoms with Crippen molar-refractivity contribution in [3.05, 3.63) is 58.6 Å². The lowest BCUT2D eigenvalue weighted by atomic mass is 10.1. The van der Waals surface area contributed by atoms with E-state index in [2.05, 4.69) is 10.5 Å². The van der Waals surface area contributed by atoms with Crippen LogP contribution < -0.4 is 10.2 Å². The fourth-order valence-electron chi connectivity index (χ4n) is 3.57. The molecule has 214 valence electrons. The van der Waals surface area contributed by atoms with Gasteiger partial charge in [-0.1, -0.05) is 69.8 Å². The lowest BCUT2D eigenvalue weighted by Gasteiger charge is -2.25. The molecule has 0 aliphatic carbocycles. The number of carbonyl (C=O) groups is 3. The maximum atomic E-state index is 12.8. The lowest BCUT2D eigenvalue weighted by molar-refractivity contribution is -0.122. The van der Waals surface area contributed by atoms with E-state index in [-0.39, 0.29) is 19.6 Å². The molecule has 13 heteroatoms. The van der Waals surface area contributed by atoms with Crippen LogP contribution in [0.2, 0.25) is 10.0 Å². The van der Waals surface area contributed by atoms with E-state index in [9.17, 15) is 14.4 Å². The number of halogens is 4. The molecule has 0 spiro atoms. The average Bonchev–Trinajstić information content (AvgIpc) is 3.35. The lowest BCUT2D eigenvalue weighted by Crippen LogP contribution is -2.44. The summed E-state index contributed by atoms with van der Waals surface area (Å²) in [6, 6.07) is 13.7. The van der Waals surface area contributed by atoms with Gasteiger partial charge in [-0.25, -0.2) is 4.79 Å². The molecule has 0 saturated carbocycles. The summed E-state index contributed by atoms with van der Waals surface area (Å²) in [5, 5.41) is 7.62. The standard InChI is InChI=1S/C27H28Cl4N4O5/c1-27(2,3)39-26(38)34(4)15-22(36)32-11-12-35(25(37)24(30)31)17-8-5-7-16(13-17)21-14-20(33-40-21)23-18(28)9-6-10-19(23)29/h5-10,13-14,24H,11-12,15H2,1-4H3,(H,32,36). The quantitative estimate of drug-likeness (QED) is 0.273. The number of nitrogens with zero attached hydrogens (tertiary/aromatic N) is 3. The molecule has 40 heavy (non-hydrogen) atoms. The van der Waals surface area contributed by atoms with Gasteiger partial charge in [0.05, 0.1) is 10.0 Å². The number of ether oxygens (including phenoxy) is 1. The molecular weight excluding hydrogens is 602 g/mol. The van der Waals surface area contributed by atoms with E-state index in [1.54, 1.807) is 69.3 Å². The minimum absolute atomic E-state index is 0.0526. The largest absolute Gasteiger partial charge is 0.444 e. The highest BCUT2D eigenvalue weighted by molar-refractivity contribution is 6.54. The van der Waals surface area contributed by atoms with Gasteiger partial charge in [-0.15, -0.1) is 0 Å². The first-order chi connectivity index (χ1) is 18.8. The van der Waals surface area contributed by atoms with Crippen molar-refractivity contribution in [2.45, 2.75) is 31.2 Å². The maximum absolute atomic E-state index is 12.8. The number of hydrogen-bond donors (Lipinski definition) is 1. The van der Waals surface area contributed by atoms with Crippen LogP contribution in [-0.4, -0.2) is 65.1 Å². The van der Waals surface area contributed by atoms with Crippen LogP contribution in [0, 0.1) is 0 Å². The molecule has 1 N–H and O–H groups in total. The van der Waals surface area contributed by atoms with Gasteiger partial charge >= 0.3 is 6.09 Å². The second-order valence-electron chi connectivity index (χ2n) is 9.70. The molecule has 0 radical (unpaired) electrons. The van der Waals surface area contributed by atoms with Gasteiger partial charge in [0.15, 0.2) is 10.6 Å². The second-order valence-corrected chi connectivity index (χ2v) is 11.6. The van der Waals surface area contributed by atoms with Crippen LogP contribution in [0.15, 0.2) is 53.1 Å². The van der Waals surface area contributed by atoms with Crippen LogP contribution in [0.25, 0.3) is 22.6 Å².